The molecule has 3 nitrogen and oxygen atoms in total. The predicted molar refractivity (Wildman–Crippen MR) is 79.6 cm³/mol. The Labute approximate surface area is 124 Å². The van der Waals surface area contributed by atoms with Gasteiger partial charge < -0.3 is 5.32 Å². The quantitative estimate of drug-likeness (QED) is 0.883. The molecule has 1 aromatic carbocycles. The van der Waals surface area contributed by atoms with E-state index in [4.69, 9.17) is 0 Å². The van der Waals surface area contributed by atoms with E-state index >= 15 is 0 Å². The molecule has 2 fully saturated rings. The van der Waals surface area contributed by atoms with Gasteiger partial charge in [0.25, 0.3) is 0 Å². The summed E-state index contributed by atoms with van der Waals surface area (Å²) in [5, 5.41) is 8.12. The van der Waals surface area contributed by atoms with Gasteiger partial charge in [-0.25, -0.2) is 4.39 Å². The highest BCUT2D eigenvalue weighted by Crippen LogP contribution is 2.42. The number of aromatic nitrogens is 2. The summed E-state index contributed by atoms with van der Waals surface area (Å²) in [5.74, 6) is 0.473. The van der Waals surface area contributed by atoms with Gasteiger partial charge in [-0.05, 0) is 43.4 Å². The molecule has 4 heteroatoms. The first-order valence-corrected chi connectivity index (χ1v) is 7.82. The van der Waals surface area contributed by atoms with E-state index in [1.165, 1.54) is 43.0 Å². The maximum atomic E-state index is 13.3. The smallest absolute Gasteiger partial charge is 0.123 e. The lowest BCUT2D eigenvalue weighted by Crippen LogP contribution is -2.16. The number of halogens is 1. The van der Waals surface area contributed by atoms with E-state index in [0.717, 1.165) is 12.1 Å². The summed E-state index contributed by atoms with van der Waals surface area (Å²) < 4.78 is 15.4. The summed E-state index contributed by atoms with van der Waals surface area (Å²) >= 11 is 0. The molecule has 1 aromatic heterocycles. The third-order valence-corrected chi connectivity index (χ3v) is 4.30. The Bertz CT molecular complexity index is 641. The minimum absolute atomic E-state index is 0.178. The molecule has 1 N–H and O–H groups in total. The Kier molecular flexibility index (Phi) is 3.26. The molecule has 110 valence electrons. The van der Waals surface area contributed by atoms with E-state index in [9.17, 15) is 4.39 Å². The zero-order chi connectivity index (χ0) is 14.2. The Balaban J connectivity index is 1.56. The van der Waals surface area contributed by atoms with Crippen LogP contribution in [0.2, 0.25) is 0 Å². The normalized spacial score (nSPS) is 18.1. The van der Waals surface area contributed by atoms with Crippen molar-refractivity contribution in [1.82, 2.24) is 15.1 Å². The monoisotopic (exact) mass is 285 g/mol. The van der Waals surface area contributed by atoms with Gasteiger partial charge in [0.1, 0.15) is 5.82 Å². The van der Waals surface area contributed by atoms with Gasteiger partial charge in [0.2, 0.25) is 0 Å². The van der Waals surface area contributed by atoms with Crippen LogP contribution < -0.4 is 5.32 Å². The summed E-state index contributed by atoms with van der Waals surface area (Å²) in [7, 11) is 0. The Morgan fingerprint density at radius 3 is 2.81 bits per heavy atom. The summed E-state index contributed by atoms with van der Waals surface area (Å²) in [5.41, 5.74) is 3.65. The lowest BCUT2D eigenvalue weighted by molar-refractivity contribution is 0.611. The summed E-state index contributed by atoms with van der Waals surface area (Å²) in [6, 6.07) is 7.52. The zero-order valence-corrected chi connectivity index (χ0v) is 12.1. The molecular formula is C17H20FN3. The average molecular weight is 285 g/mol. The topological polar surface area (TPSA) is 29.9 Å². The van der Waals surface area contributed by atoms with Crippen LogP contribution >= 0.6 is 0 Å². The zero-order valence-electron chi connectivity index (χ0n) is 12.1. The third kappa shape index (κ3) is 3.00. The van der Waals surface area contributed by atoms with E-state index in [1.54, 1.807) is 12.1 Å². The molecule has 4 rings (SSSR count). The van der Waals surface area contributed by atoms with Gasteiger partial charge in [-0.3, -0.25) is 4.68 Å². The minimum Gasteiger partial charge on any atom is -0.310 e. The van der Waals surface area contributed by atoms with Crippen LogP contribution in [0.15, 0.2) is 30.5 Å². The van der Waals surface area contributed by atoms with Crippen molar-refractivity contribution in [3.63, 3.8) is 0 Å². The summed E-state index contributed by atoms with van der Waals surface area (Å²) in [4.78, 5) is 0. The van der Waals surface area contributed by atoms with Crippen LogP contribution in [-0.4, -0.2) is 15.8 Å². The number of benzene rings is 1. The number of hydrogen-bond acceptors (Lipinski definition) is 2. The second-order valence-corrected chi connectivity index (χ2v) is 6.27. The lowest BCUT2D eigenvalue weighted by Gasteiger charge is -2.10. The minimum atomic E-state index is -0.178. The molecule has 0 aliphatic heterocycles. The fraction of sp³-hybridized carbons (Fsp3) is 0.471. The highest BCUT2D eigenvalue weighted by molar-refractivity contribution is 5.27. The van der Waals surface area contributed by atoms with Gasteiger partial charge in [-0.1, -0.05) is 12.1 Å². The molecule has 0 spiro atoms. The van der Waals surface area contributed by atoms with Gasteiger partial charge in [-0.15, -0.1) is 0 Å². The van der Waals surface area contributed by atoms with Gasteiger partial charge in [0, 0.05) is 29.8 Å². The molecule has 0 unspecified atom stereocenters. The van der Waals surface area contributed by atoms with Gasteiger partial charge in [0.15, 0.2) is 0 Å². The maximum absolute atomic E-state index is 13.3. The molecule has 2 aliphatic rings. The number of nitrogens with zero attached hydrogens (tertiary/aromatic N) is 2. The van der Waals surface area contributed by atoms with Crippen LogP contribution in [-0.2, 0) is 13.1 Å². The molecule has 2 aromatic rings. The van der Waals surface area contributed by atoms with Crippen molar-refractivity contribution in [3.05, 3.63) is 53.1 Å². The average Bonchev–Trinajstić information content (AvgIpc) is 3.38. The van der Waals surface area contributed by atoms with Crippen LogP contribution in [0.5, 0.6) is 0 Å². The van der Waals surface area contributed by atoms with Crippen molar-refractivity contribution >= 4 is 0 Å². The van der Waals surface area contributed by atoms with Crippen molar-refractivity contribution in [2.24, 2.45) is 0 Å². The Morgan fingerprint density at radius 2 is 2.10 bits per heavy atom. The van der Waals surface area contributed by atoms with Crippen LogP contribution in [0, 0.1) is 5.82 Å². The highest BCUT2D eigenvalue weighted by atomic mass is 19.1. The Morgan fingerprint density at radius 1 is 1.24 bits per heavy atom. The summed E-state index contributed by atoms with van der Waals surface area (Å²) in [6.45, 7) is 1.58. The van der Waals surface area contributed by atoms with E-state index in [1.807, 2.05) is 12.3 Å². The van der Waals surface area contributed by atoms with Crippen molar-refractivity contribution in [3.8, 4) is 0 Å². The predicted octanol–water partition coefficient (Wildman–Crippen LogP) is 3.20. The third-order valence-electron chi connectivity index (χ3n) is 4.30. The van der Waals surface area contributed by atoms with Gasteiger partial charge in [0.05, 0.1) is 12.7 Å². The first-order valence-electron chi connectivity index (χ1n) is 7.82. The molecule has 21 heavy (non-hydrogen) atoms. The van der Waals surface area contributed by atoms with E-state index in [2.05, 4.69) is 15.1 Å². The second kappa shape index (κ2) is 5.26. The Hall–Kier alpha value is -1.68. The lowest BCUT2D eigenvalue weighted by atomic mass is 10.1. The first-order chi connectivity index (χ1) is 10.3. The van der Waals surface area contributed by atoms with Crippen LogP contribution in [0.3, 0.4) is 0 Å². The standard InChI is InChI=1S/C17H20FN3/c18-15-3-1-2-12(8-15)11-21-17(13-4-5-13)14(10-20-21)9-19-16-6-7-16/h1-3,8,10,13,16,19H,4-7,9,11H2. The number of nitrogens with one attached hydrogen (secondary N) is 1. The van der Waals surface area contributed by atoms with Crippen molar-refractivity contribution in [2.75, 3.05) is 0 Å². The second-order valence-electron chi connectivity index (χ2n) is 6.27. The number of rotatable bonds is 6. The first kappa shape index (κ1) is 13.0. The molecule has 2 saturated carbocycles. The molecular weight excluding hydrogens is 265 g/mol. The number of hydrogen-bond donors (Lipinski definition) is 1. The molecule has 0 saturated heterocycles. The van der Waals surface area contributed by atoms with Crippen LogP contribution in [0.4, 0.5) is 4.39 Å². The fourth-order valence-corrected chi connectivity index (χ4v) is 2.88. The SMILES string of the molecule is Fc1cccc(Cn2ncc(CNC3CC3)c2C2CC2)c1. The van der Waals surface area contributed by atoms with Crippen molar-refractivity contribution in [2.45, 2.75) is 50.7 Å². The van der Waals surface area contributed by atoms with E-state index in [0.29, 0.717) is 18.5 Å². The van der Waals surface area contributed by atoms with Crippen LogP contribution in [0.25, 0.3) is 0 Å². The molecule has 1 heterocycles. The van der Waals surface area contributed by atoms with Crippen molar-refractivity contribution < 1.29 is 4.39 Å². The maximum Gasteiger partial charge on any atom is 0.123 e. The molecule has 0 amide bonds. The molecule has 0 atom stereocenters. The fourth-order valence-electron chi connectivity index (χ4n) is 2.88. The van der Waals surface area contributed by atoms with Gasteiger partial charge in [-0.2, -0.15) is 5.10 Å². The van der Waals surface area contributed by atoms with E-state index < -0.39 is 0 Å². The highest BCUT2D eigenvalue weighted by Gasteiger charge is 2.30. The largest absolute Gasteiger partial charge is 0.310 e. The van der Waals surface area contributed by atoms with Crippen molar-refractivity contribution in [1.29, 1.82) is 0 Å². The summed E-state index contributed by atoms with van der Waals surface area (Å²) in [6.07, 6.45) is 7.10. The molecule has 2 aliphatic carbocycles. The van der Waals surface area contributed by atoms with Crippen LogP contribution in [0.1, 0.15) is 48.4 Å². The molecule has 0 bridgehead atoms. The van der Waals surface area contributed by atoms with Gasteiger partial charge >= 0.3 is 0 Å². The molecule has 0 radical (unpaired) electrons. The van der Waals surface area contributed by atoms with E-state index in [-0.39, 0.29) is 5.82 Å².